The molecule has 0 bridgehead atoms. The quantitative estimate of drug-likeness (QED) is 0.0640. The van der Waals surface area contributed by atoms with Crippen LogP contribution in [-0.4, -0.2) is 34.7 Å². The van der Waals surface area contributed by atoms with Gasteiger partial charge in [0.05, 0.1) is 0 Å². The van der Waals surface area contributed by atoms with Gasteiger partial charge in [-0.3, -0.25) is 0 Å². The molecule has 0 spiro atoms. The molecule has 0 atom stereocenters. The molecule has 56 heteroatoms. The van der Waals surface area contributed by atoms with Crippen molar-refractivity contribution in [1.82, 2.24) is 0 Å². The topological polar surface area (TPSA) is 607 Å². The fraction of sp³-hybridized carbons (Fsp3) is 0. The molecular weight excluding hydrogens is 1940 g/mol. The Morgan fingerprint density at radius 3 is 0.536 bits per heavy atom. The van der Waals surface area contributed by atoms with E-state index >= 15 is 0 Å². The van der Waals surface area contributed by atoms with Crippen molar-refractivity contribution in [2.75, 3.05) is 0 Å². The van der Waals surface area contributed by atoms with Gasteiger partial charge >= 0.3 is 388 Å². The molecule has 40 nitrogen and oxygen atoms in total. The number of hydrogen-bond donors (Lipinski definition) is 0. The first-order valence-electron chi connectivity index (χ1n) is 8.73. The molecule has 0 aliphatic heterocycles. The summed E-state index contributed by atoms with van der Waals surface area (Å²) in [6.45, 7) is 0. The Morgan fingerprint density at radius 1 is 0.268 bits per heavy atom. The van der Waals surface area contributed by atoms with Crippen LogP contribution in [0.1, 0.15) is 0 Å². The van der Waals surface area contributed by atoms with Crippen molar-refractivity contribution < 1.29 is 346 Å². The van der Waals surface area contributed by atoms with E-state index in [2.05, 4.69) is 27.9 Å². The van der Waals surface area contributed by atoms with E-state index in [1.54, 1.807) is 0 Å². The number of phosphoric acid groups is 1. The van der Waals surface area contributed by atoms with Gasteiger partial charge in [-0.05, 0) is 0 Å². The zero-order valence-electron chi connectivity index (χ0n) is 23.5. The van der Waals surface area contributed by atoms with E-state index < -0.39 is 209 Å². The van der Waals surface area contributed by atoms with E-state index in [1.807, 2.05) is 0 Å². The van der Waals surface area contributed by atoms with Crippen LogP contribution in [0, 0.1) is 0 Å². The van der Waals surface area contributed by atoms with E-state index in [9.17, 15) is 97.4 Å². The van der Waals surface area contributed by atoms with E-state index in [1.165, 1.54) is 0 Å². The summed E-state index contributed by atoms with van der Waals surface area (Å²) in [4.78, 5) is 0. The van der Waals surface area contributed by atoms with Crippen LogP contribution in [0.25, 0.3) is 0 Å². The fourth-order valence-electron chi connectivity index (χ4n) is 1.40. The second kappa shape index (κ2) is 23.0. The van der Waals surface area contributed by atoms with Crippen molar-refractivity contribution in [3.05, 3.63) is 0 Å². The van der Waals surface area contributed by atoms with Gasteiger partial charge in [-0.25, -0.2) is 0 Å². The SMILES string of the molecule is O=P([O][Mo](=[O])(=[O])[O][Mo](=[O])(=[O])[O][Mo](=[O])(=[O])[O][Mo](=[O])(=[O])[O-])([O][Mo](=[O])(=[O])[O][Mo](=[O])(=[O])[O][Mo](=[O])(=[O])[O][Mo](=[O])(=[O])[O-])[O][Mo](=[O])(=[O])[O][Mo](=[O])(=[O])[O][Mo](=[O])(=[O])[O][Mo](=[O])(=[O])[O-].[Al+3].[Al+3].[Zn+2]. The Balaban J connectivity index is -0.00000451. The minimum absolute atomic E-state index is 0. The van der Waals surface area contributed by atoms with Crippen LogP contribution in [0.3, 0.4) is 0 Å². The van der Waals surface area contributed by atoms with Crippen LogP contribution in [0.15, 0.2) is 0 Å². The predicted molar refractivity (Wildman–Crippen MR) is 48.6 cm³/mol. The third-order valence-corrected chi connectivity index (χ3v) is 62.2. The fourth-order valence-corrected chi connectivity index (χ4v) is 60.0. The van der Waals surface area contributed by atoms with Crippen LogP contribution in [0.4, 0.5) is 0 Å². The summed E-state index contributed by atoms with van der Waals surface area (Å²) in [5.74, 6) is 0. The number of hydrogen-bond acceptors (Lipinski definition) is 40. The van der Waals surface area contributed by atoms with Crippen molar-refractivity contribution in [2.24, 2.45) is 0 Å². The molecule has 0 fully saturated rings. The van der Waals surface area contributed by atoms with Gasteiger partial charge in [0.2, 0.25) is 0 Å². The van der Waals surface area contributed by atoms with Gasteiger partial charge in [0, 0.05) is 0 Å². The van der Waals surface area contributed by atoms with E-state index in [4.69, 9.17) is 0 Å². The van der Waals surface area contributed by atoms with Gasteiger partial charge in [-0.2, -0.15) is 0 Å². The molecule has 0 aliphatic carbocycles. The molecule has 0 aliphatic rings. The van der Waals surface area contributed by atoms with Gasteiger partial charge < -0.3 is 0 Å². The summed E-state index contributed by atoms with van der Waals surface area (Å²) in [5, 5.41) is 0. The Kier molecular flexibility index (Phi) is 27.7. The molecule has 0 aromatic carbocycles. The van der Waals surface area contributed by atoms with Gasteiger partial charge in [0.25, 0.3) is 0 Å². The Morgan fingerprint density at radius 2 is 0.393 bits per heavy atom. The molecule has 0 aromatic heterocycles. The molecule has 56 heavy (non-hydrogen) atoms. The molecular formula is Al2Mo12O40PZn+5. The first-order valence-corrected chi connectivity index (χ1v) is 49.5. The maximum atomic E-state index is 12.7. The molecule has 0 amide bonds. The van der Waals surface area contributed by atoms with Crippen LogP contribution < -0.4 is 11.3 Å². The van der Waals surface area contributed by atoms with Gasteiger partial charge in [-0.1, -0.05) is 0 Å². The molecule has 0 heterocycles. The molecule has 0 aromatic rings. The molecule has 320 valence electrons. The van der Waals surface area contributed by atoms with Gasteiger partial charge in [0.1, 0.15) is 0 Å². The van der Waals surface area contributed by atoms with E-state index in [0.29, 0.717) is 0 Å². The maximum absolute atomic E-state index is 12.7. The summed E-state index contributed by atoms with van der Waals surface area (Å²) in [5.41, 5.74) is 0. The minimum Gasteiger partial charge on any atom is 2.00 e. The molecule has 0 saturated carbocycles. The van der Waals surface area contributed by atoms with Crippen LogP contribution in [0.5, 0.6) is 0 Å². The van der Waals surface area contributed by atoms with E-state index in [0.717, 1.165) is 0 Å². The Labute approximate surface area is 380 Å². The molecule has 0 saturated heterocycles. The second-order valence-electron chi connectivity index (χ2n) is 6.18. The largest absolute Gasteiger partial charge is 3.00 e. The van der Waals surface area contributed by atoms with Crippen molar-refractivity contribution in [3.8, 4) is 0 Å². The van der Waals surface area contributed by atoms with Crippen LogP contribution in [0.2, 0.25) is 0 Å². The van der Waals surface area contributed by atoms with Gasteiger partial charge in [-0.15, -0.1) is 0 Å². The molecule has 0 radical (unpaired) electrons. The number of rotatable bonds is 24. The van der Waals surface area contributed by atoms with Gasteiger partial charge in [0.15, 0.2) is 0 Å². The Bertz CT molecular complexity index is 2520. The minimum atomic E-state index is -8.82. The Hall–Kier alpha value is 4.78. The van der Waals surface area contributed by atoms with Crippen molar-refractivity contribution in [1.29, 1.82) is 0 Å². The third-order valence-electron chi connectivity index (χ3n) is 2.05. The monoisotopic (exact) mass is 1960 g/mol. The van der Waals surface area contributed by atoms with Crippen molar-refractivity contribution in [3.63, 3.8) is 0 Å². The first kappa shape index (κ1) is 67.4. The summed E-state index contributed by atoms with van der Waals surface area (Å²) >= 11 is -98.5. The van der Waals surface area contributed by atoms with Crippen molar-refractivity contribution >= 4 is 42.5 Å². The molecule has 0 N–H and O–H groups in total. The first-order chi connectivity index (χ1) is 22.5. The predicted octanol–water partition coefficient (Wildman–Crippen LogP) is -7.29. The summed E-state index contributed by atoms with van der Waals surface area (Å²) in [7, 11) is -7.94. The van der Waals surface area contributed by atoms with E-state index in [-0.39, 0.29) is 54.2 Å². The standard InChI is InChI=1S/2Al.12Mo.H3O4P.36O.Zn/c;;;;;;;;;;;;;;1-5(2,3)4;;;;;;;;;;;;;;;;;;;;;;;;;;;;;;;;;;;;;/h;;;;;;;;;;;;;;(H3,1,2,3,4);;;;;;;;;;;;;;;;;;;;;;;;;;;;;;;;;;;;;/q2*+3;;;;;;;;;;3*+1;;;;;;;;;;;;;;;;;;;;;;;;;;;;;;;;;;;3*-1;+2/p-3. The normalized spacial score (nSPS) is 14.8. The summed E-state index contributed by atoms with van der Waals surface area (Å²) in [6, 6.07) is 0. The van der Waals surface area contributed by atoms with Crippen molar-refractivity contribution in [2.45, 2.75) is 0 Å². The zero-order valence-corrected chi connectivity index (χ0v) is 53.8. The second-order valence-corrected chi connectivity index (χ2v) is 55.7. The van der Waals surface area contributed by atoms with Crippen LogP contribution in [-0.2, 0) is 334 Å². The average molecular weight is 1940 g/mol. The summed E-state index contributed by atoms with van der Waals surface area (Å²) in [6.07, 6.45) is 0. The third kappa shape index (κ3) is 33.3. The smallest absolute Gasteiger partial charge is 2.00 e. The summed E-state index contributed by atoms with van der Waals surface area (Å²) < 4.78 is 351. The van der Waals surface area contributed by atoms with Crippen LogP contribution >= 0.6 is 7.82 Å². The molecule has 0 unspecified atom stereocenters. The zero-order chi connectivity index (χ0) is 43.0. The average Bonchev–Trinajstić information content (AvgIpc) is 2.58. The maximum Gasteiger partial charge on any atom is 3.00 e. The molecule has 0 rings (SSSR count).